The predicted octanol–water partition coefficient (Wildman–Crippen LogP) is 3.63. The van der Waals surface area contributed by atoms with Crippen LogP contribution in [0.25, 0.3) is 0 Å². The van der Waals surface area contributed by atoms with Gasteiger partial charge in [-0.05, 0) is 51.0 Å². The summed E-state index contributed by atoms with van der Waals surface area (Å²) in [6.45, 7) is 4.39. The molecule has 3 rings (SSSR count). The molecule has 1 amide bonds. The van der Waals surface area contributed by atoms with Crippen molar-refractivity contribution >= 4 is 5.91 Å². The van der Waals surface area contributed by atoms with Gasteiger partial charge in [0.05, 0.1) is 0 Å². The Hall–Kier alpha value is -1.31. The molecule has 1 aliphatic carbocycles. The number of benzene rings is 1. The third-order valence-electron chi connectivity index (χ3n) is 5.49. The third-order valence-corrected chi connectivity index (χ3v) is 5.49. The minimum atomic E-state index is -0.0360. The predicted molar refractivity (Wildman–Crippen MR) is 76.9 cm³/mol. The van der Waals surface area contributed by atoms with Crippen LogP contribution in [0.5, 0.6) is 0 Å². The zero-order chi connectivity index (χ0) is 13.5. The molecule has 2 fully saturated rings. The second kappa shape index (κ2) is 4.36. The normalized spacial score (nSPS) is 33.4. The lowest BCUT2D eigenvalue weighted by atomic mass is 9.61. The van der Waals surface area contributed by atoms with Crippen LogP contribution < -0.4 is 5.32 Å². The minimum absolute atomic E-state index is 0.0360. The molecule has 1 aliphatic heterocycles. The summed E-state index contributed by atoms with van der Waals surface area (Å²) in [5.41, 5.74) is 1.62. The smallest absolute Gasteiger partial charge is 0.221 e. The van der Waals surface area contributed by atoms with Crippen LogP contribution in [-0.2, 0) is 4.79 Å². The van der Waals surface area contributed by atoms with E-state index in [2.05, 4.69) is 49.5 Å². The van der Waals surface area contributed by atoms with E-state index in [-0.39, 0.29) is 16.9 Å². The van der Waals surface area contributed by atoms with E-state index >= 15 is 0 Å². The number of hydrogen-bond acceptors (Lipinski definition) is 1. The van der Waals surface area contributed by atoms with Gasteiger partial charge in [-0.2, -0.15) is 0 Å². The SMILES string of the molecule is CC1(C)NC(=O)CC12CCC(c1ccccc1)CC2. The Kier molecular flexibility index (Phi) is 2.92. The molecule has 19 heavy (non-hydrogen) atoms. The quantitative estimate of drug-likeness (QED) is 0.818. The Bertz CT molecular complexity index is 469. The molecule has 102 valence electrons. The van der Waals surface area contributed by atoms with Gasteiger partial charge >= 0.3 is 0 Å². The monoisotopic (exact) mass is 257 g/mol. The fourth-order valence-electron chi connectivity index (χ4n) is 4.08. The van der Waals surface area contributed by atoms with Crippen molar-refractivity contribution in [3.8, 4) is 0 Å². The van der Waals surface area contributed by atoms with Crippen LogP contribution in [0, 0.1) is 5.41 Å². The topological polar surface area (TPSA) is 29.1 Å². The lowest BCUT2D eigenvalue weighted by Gasteiger charge is -2.45. The van der Waals surface area contributed by atoms with Gasteiger partial charge in [-0.3, -0.25) is 4.79 Å². The first-order valence-electron chi connectivity index (χ1n) is 7.38. The number of hydrogen-bond donors (Lipinski definition) is 1. The van der Waals surface area contributed by atoms with Crippen LogP contribution in [0.4, 0.5) is 0 Å². The van der Waals surface area contributed by atoms with Crippen molar-refractivity contribution in [2.24, 2.45) is 5.41 Å². The van der Waals surface area contributed by atoms with Crippen molar-refractivity contribution in [3.63, 3.8) is 0 Å². The highest BCUT2D eigenvalue weighted by atomic mass is 16.2. The summed E-state index contributed by atoms with van der Waals surface area (Å²) in [4.78, 5) is 11.8. The van der Waals surface area contributed by atoms with Gasteiger partial charge in [0.1, 0.15) is 0 Å². The molecule has 1 spiro atoms. The maximum Gasteiger partial charge on any atom is 0.221 e. The highest BCUT2D eigenvalue weighted by Gasteiger charge is 2.53. The van der Waals surface area contributed by atoms with Crippen molar-refractivity contribution in [2.75, 3.05) is 0 Å². The molecular formula is C17H23NO. The largest absolute Gasteiger partial charge is 0.351 e. The molecule has 1 saturated heterocycles. The molecule has 2 aliphatic rings. The van der Waals surface area contributed by atoms with E-state index in [1.165, 1.54) is 18.4 Å². The molecule has 2 heteroatoms. The lowest BCUT2D eigenvalue weighted by molar-refractivity contribution is -0.120. The highest BCUT2D eigenvalue weighted by molar-refractivity contribution is 5.80. The van der Waals surface area contributed by atoms with E-state index in [4.69, 9.17) is 0 Å². The molecule has 0 bridgehead atoms. The first-order chi connectivity index (χ1) is 9.02. The van der Waals surface area contributed by atoms with Gasteiger partial charge in [0.15, 0.2) is 0 Å². The van der Waals surface area contributed by atoms with E-state index in [1.807, 2.05) is 0 Å². The van der Waals surface area contributed by atoms with Crippen molar-refractivity contribution in [1.82, 2.24) is 5.32 Å². The van der Waals surface area contributed by atoms with Gasteiger partial charge in [0, 0.05) is 17.4 Å². The van der Waals surface area contributed by atoms with Gasteiger partial charge in [0.2, 0.25) is 5.91 Å². The lowest BCUT2D eigenvalue weighted by Crippen LogP contribution is -2.48. The Balaban J connectivity index is 1.75. The van der Waals surface area contributed by atoms with Crippen LogP contribution in [0.15, 0.2) is 30.3 Å². The molecule has 0 aromatic heterocycles. The summed E-state index contributed by atoms with van der Waals surface area (Å²) >= 11 is 0. The van der Waals surface area contributed by atoms with Crippen molar-refractivity contribution in [2.45, 2.75) is 57.4 Å². The Labute approximate surface area is 115 Å². The summed E-state index contributed by atoms with van der Waals surface area (Å²) in [6, 6.07) is 10.8. The summed E-state index contributed by atoms with van der Waals surface area (Å²) in [6.07, 6.45) is 5.48. The van der Waals surface area contributed by atoms with E-state index in [0.717, 1.165) is 19.3 Å². The highest BCUT2D eigenvalue weighted by Crippen LogP contribution is 2.53. The Morgan fingerprint density at radius 3 is 2.26 bits per heavy atom. The van der Waals surface area contributed by atoms with Crippen LogP contribution in [0.3, 0.4) is 0 Å². The average Bonchev–Trinajstić information content (AvgIpc) is 2.60. The number of carbonyl (C=O) groups excluding carboxylic acids is 1. The standard InChI is InChI=1S/C17H23NO/c1-16(2)17(12-15(19)18-16)10-8-14(9-11-17)13-6-4-3-5-7-13/h3-7,14H,8-12H2,1-2H3,(H,18,19). The van der Waals surface area contributed by atoms with Crippen molar-refractivity contribution in [1.29, 1.82) is 0 Å². The molecule has 1 aromatic carbocycles. The zero-order valence-electron chi connectivity index (χ0n) is 11.9. The number of amides is 1. The molecule has 1 N–H and O–H groups in total. The van der Waals surface area contributed by atoms with Gasteiger partial charge < -0.3 is 5.32 Å². The van der Waals surface area contributed by atoms with Gasteiger partial charge in [-0.25, -0.2) is 0 Å². The first kappa shape index (κ1) is 12.7. The summed E-state index contributed by atoms with van der Waals surface area (Å²) in [5, 5.41) is 3.17. The van der Waals surface area contributed by atoms with Crippen molar-refractivity contribution < 1.29 is 4.79 Å². The molecule has 0 atom stereocenters. The number of nitrogens with one attached hydrogen (secondary N) is 1. The molecule has 1 saturated carbocycles. The summed E-state index contributed by atoms with van der Waals surface area (Å²) < 4.78 is 0. The fraction of sp³-hybridized carbons (Fsp3) is 0.588. The van der Waals surface area contributed by atoms with Crippen molar-refractivity contribution in [3.05, 3.63) is 35.9 Å². The maximum absolute atomic E-state index is 11.8. The van der Waals surface area contributed by atoms with E-state index in [0.29, 0.717) is 5.92 Å². The molecule has 2 nitrogen and oxygen atoms in total. The fourth-order valence-corrected chi connectivity index (χ4v) is 4.08. The van der Waals surface area contributed by atoms with E-state index in [1.54, 1.807) is 0 Å². The van der Waals surface area contributed by atoms with E-state index < -0.39 is 0 Å². The second-order valence-corrected chi connectivity index (χ2v) is 6.82. The van der Waals surface area contributed by atoms with Crippen LogP contribution in [0.1, 0.15) is 57.4 Å². The Morgan fingerprint density at radius 2 is 1.74 bits per heavy atom. The van der Waals surface area contributed by atoms with Gasteiger partial charge in [-0.15, -0.1) is 0 Å². The number of rotatable bonds is 1. The molecule has 0 unspecified atom stereocenters. The summed E-state index contributed by atoms with van der Waals surface area (Å²) in [5.74, 6) is 0.918. The second-order valence-electron chi connectivity index (χ2n) is 6.82. The van der Waals surface area contributed by atoms with Crippen LogP contribution >= 0.6 is 0 Å². The Morgan fingerprint density at radius 1 is 1.11 bits per heavy atom. The zero-order valence-corrected chi connectivity index (χ0v) is 11.9. The van der Waals surface area contributed by atoms with Crippen LogP contribution in [-0.4, -0.2) is 11.4 Å². The number of carbonyl (C=O) groups is 1. The van der Waals surface area contributed by atoms with E-state index in [9.17, 15) is 4.79 Å². The van der Waals surface area contributed by atoms with Gasteiger partial charge in [-0.1, -0.05) is 30.3 Å². The molecule has 1 heterocycles. The molecule has 0 radical (unpaired) electrons. The average molecular weight is 257 g/mol. The molecular weight excluding hydrogens is 234 g/mol. The summed E-state index contributed by atoms with van der Waals surface area (Å²) in [7, 11) is 0. The third kappa shape index (κ3) is 2.07. The minimum Gasteiger partial charge on any atom is -0.351 e. The van der Waals surface area contributed by atoms with Gasteiger partial charge in [0.25, 0.3) is 0 Å². The first-order valence-corrected chi connectivity index (χ1v) is 7.38. The molecule has 1 aromatic rings. The van der Waals surface area contributed by atoms with Crippen LogP contribution in [0.2, 0.25) is 0 Å². The maximum atomic E-state index is 11.8.